The molecule has 1 aromatic heterocycles. The average molecular weight is 436 g/mol. The van der Waals surface area contributed by atoms with Crippen LogP contribution in [-0.4, -0.2) is 45.5 Å². The molecule has 0 saturated carbocycles. The van der Waals surface area contributed by atoms with Crippen molar-refractivity contribution >= 4 is 17.8 Å². The van der Waals surface area contributed by atoms with Crippen molar-refractivity contribution in [3.63, 3.8) is 0 Å². The lowest BCUT2D eigenvalue weighted by molar-refractivity contribution is -0.138. The number of nitrogens with zero attached hydrogens (tertiary/aromatic N) is 4. The molecular formula is C20H23F3N6O2. The first-order valence-corrected chi connectivity index (χ1v) is 9.62. The fourth-order valence-corrected chi connectivity index (χ4v) is 3.69. The molecule has 0 aliphatic carbocycles. The molecule has 0 atom stereocenters. The van der Waals surface area contributed by atoms with E-state index in [4.69, 9.17) is 11.5 Å². The Hall–Kier alpha value is -3.37. The third kappa shape index (κ3) is 4.86. The maximum atomic E-state index is 13.7. The predicted molar refractivity (Wildman–Crippen MR) is 107 cm³/mol. The number of guanidine groups is 1. The van der Waals surface area contributed by atoms with Crippen molar-refractivity contribution in [2.45, 2.75) is 31.9 Å². The van der Waals surface area contributed by atoms with Crippen LogP contribution >= 0.6 is 0 Å². The number of hydrogen-bond donors (Lipinski definition) is 2. The second-order valence-corrected chi connectivity index (χ2v) is 7.50. The van der Waals surface area contributed by atoms with Crippen molar-refractivity contribution in [2.24, 2.45) is 23.5 Å². The molecule has 0 bridgehead atoms. The minimum atomic E-state index is -4.65. The highest BCUT2D eigenvalue weighted by atomic mass is 19.4. The summed E-state index contributed by atoms with van der Waals surface area (Å²) in [5, 5.41) is 4.17. The van der Waals surface area contributed by atoms with Crippen LogP contribution in [0.3, 0.4) is 0 Å². The second-order valence-electron chi connectivity index (χ2n) is 7.50. The smallest absolute Gasteiger partial charge is 0.370 e. The van der Waals surface area contributed by atoms with Gasteiger partial charge in [0, 0.05) is 31.4 Å². The molecule has 4 N–H and O–H groups in total. The summed E-state index contributed by atoms with van der Waals surface area (Å²) >= 11 is 0. The molecule has 1 saturated heterocycles. The molecule has 0 spiro atoms. The van der Waals surface area contributed by atoms with Crippen molar-refractivity contribution in [3.05, 3.63) is 52.3 Å². The van der Waals surface area contributed by atoms with Gasteiger partial charge in [-0.3, -0.25) is 14.3 Å². The van der Waals surface area contributed by atoms with Crippen LogP contribution < -0.4 is 11.5 Å². The predicted octanol–water partition coefficient (Wildman–Crippen LogP) is 2.18. The topological polar surface area (TPSA) is 120 Å². The molecule has 0 unspecified atom stereocenters. The van der Waals surface area contributed by atoms with Gasteiger partial charge in [-0.05, 0) is 49.4 Å². The van der Waals surface area contributed by atoms with Crippen LogP contribution in [0, 0.1) is 6.92 Å². The zero-order chi connectivity index (χ0) is 22.9. The van der Waals surface area contributed by atoms with Crippen molar-refractivity contribution in [3.8, 4) is 0 Å². The molecular weight excluding hydrogens is 413 g/mol. The van der Waals surface area contributed by atoms with Gasteiger partial charge in [-0.25, -0.2) is 0 Å². The first kappa shape index (κ1) is 22.3. The van der Waals surface area contributed by atoms with Crippen LogP contribution in [0.5, 0.6) is 0 Å². The molecule has 2 amide bonds. The molecule has 1 aliphatic rings. The van der Waals surface area contributed by atoms with Crippen molar-refractivity contribution in [1.82, 2.24) is 14.7 Å². The minimum Gasteiger partial charge on any atom is -0.370 e. The Morgan fingerprint density at radius 1 is 1.16 bits per heavy atom. The van der Waals surface area contributed by atoms with Crippen LogP contribution in [0.2, 0.25) is 0 Å². The van der Waals surface area contributed by atoms with Gasteiger partial charge in [0.05, 0.1) is 5.56 Å². The molecule has 166 valence electrons. The molecule has 2 aromatic rings. The highest BCUT2D eigenvalue weighted by Crippen LogP contribution is 2.39. The third-order valence-electron chi connectivity index (χ3n) is 5.39. The van der Waals surface area contributed by atoms with Crippen LogP contribution in [0.15, 0.2) is 29.3 Å². The molecule has 1 aromatic carbocycles. The van der Waals surface area contributed by atoms with E-state index < -0.39 is 29.5 Å². The van der Waals surface area contributed by atoms with Crippen LogP contribution in [-0.2, 0) is 13.2 Å². The van der Waals surface area contributed by atoms with Crippen LogP contribution in [0.1, 0.15) is 56.4 Å². The SMILES string of the molecule is Cc1cc(C(=O)N2CCC(c3ccc(C(=O)N=C(N)N)cc3C(F)(F)F)CC2)nn1C. The number of nitrogens with two attached hydrogens (primary N) is 2. The second kappa shape index (κ2) is 8.40. The van der Waals surface area contributed by atoms with Crippen molar-refractivity contribution in [1.29, 1.82) is 0 Å². The number of halogens is 3. The van der Waals surface area contributed by atoms with E-state index in [0.29, 0.717) is 31.6 Å². The molecule has 3 rings (SSSR count). The maximum absolute atomic E-state index is 13.7. The first-order chi connectivity index (χ1) is 14.5. The highest BCUT2D eigenvalue weighted by Gasteiger charge is 2.37. The number of carbonyl (C=O) groups excluding carboxylic acids is 2. The van der Waals surface area contributed by atoms with Crippen LogP contribution in [0.4, 0.5) is 13.2 Å². The van der Waals surface area contributed by atoms with E-state index in [2.05, 4.69) is 10.1 Å². The normalized spacial score (nSPS) is 15.1. The Morgan fingerprint density at radius 3 is 2.32 bits per heavy atom. The largest absolute Gasteiger partial charge is 0.416 e. The summed E-state index contributed by atoms with van der Waals surface area (Å²) in [4.78, 5) is 29.5. The van der Waals surface area contributed by atoms with Gasteiger partial charge < -0.3 is 16.4 Å². The van der Waals surface area contributed by atoms with E-state index in [-0.39, 0.29) is 17.0 Å². The number of aryl methyl sites for hydroxylation is 2. The molecule has 1 aliphatic heterocycles. The van der Waals surface area contributed by atoms with Gasteiger partial charge in [-0.2, -0.15) is 23.3 Å². The summed E-state index contributed by atoms with van der Waals surface area (Å²) in [7, 11) is 1.73. The van der Waals surface area contributed by atoms with E-state index in [0.717, 1.165) is 11.8 Å². The number of hydrogen-bond acceptors (Lipinski definition) is 3. The molecule has 31 heavy (non-hydrogen) atoms. The number of likely N-dealkylation sites (tertiary alicyclic amines) is 1. The molecule has 8 nitrogen and oxygen atoms in total. The van der Waals surface area contributed by atoms with Gasteiger partial charge in [0.15, 0.2) is 11.7 Å². The van der Waals surface area contributed by atoms with E-state index >= 15 is 0 Å². The fourth-order valence-electron chi connectivity index (χ4n) is 3.69. The number of benzene rings is 1. The highest BCUT2D eigenvalue weighted by molar-refractivity contribution is 6.02. The van der Waals surface area contributed by atoms with Gasteiger partial charge in [-0.1, -0.05) is 6.07 Å². The molecule has 0 radical (unpaired) electrons. The van der Waals surface area contributed by atoms with Gasteiger partial charge >= 0.3 is 6.18 Å². The zero-order valence-electron chi connectivity index (χ0n) is 17.1. The van der Waals surface area contributed by atoms with Crippen molar-refractivity contribution < 1.29 is 22.8 Å². The summed E-state index contributed by atoms with van der Waals surface area (Å²) in [5.41, 5.74) is 10.4. The summed E-state index contributed by atoms with van der Waals surface area (Å²) in [6, 6.07) is 5.04. The quantitative estimate of drug-likeness (QED) is 0.565. The number of piperidine rings is 1. The van der Waals surface area contributed by atoms with Gasteiger partial charge in [0.1, 0.15) is 0 Å². The molecule has 2 heterocycles. The number of amides is 2. The van der Waals surface area contributed by atoms with E-state index in [1.165, 1.54) is 12.1 Å². The lowest BCUT2D eigenvalue weighted by Crippen LogP contribution is -2.38. The number of aromatic nitrogens is 2. The fraction of sp³-hybridized carbons (Fsp3) is 0.400. The number of carbonyl (C=O) groups is 2. The minimum absolute atomic E-state index is 0.0922. The summed E-state index contributed by atoms with van der Waals surface area (Å²) in [6.45, 7) is 2.45. The molecule has 11 heteroatoms. The van der Waals surface area contributed by atoms with E-state index in [1.807, 2.05) is 6.92 Å². The summed E-state index contributed by atoms with van der Waals surface area (Å²) < 4.78 is 42.7. The standard InChI is InChI=1S/C20H23F3N6O2/c1-11-9-16(27-28(11)2)18(31)29-7-5-12(6-8-29)14-4-3-13(17(30)26-19(24)25)10-15(14)20(21,22)23/h3-4,9-10,12H,5-8H2,1-2H3,(H4,24,25,26,30). The Morgan fingerprint density at radius 2 is 1.81 bits per heavy atom. The number of rotatable bonds is 3. The Kier molecular flexibility index (Phi) is 6.05. The number of alkyl halides is 3. The maximum Gasteiger partial charge on any atom is 0.416 e. The van der Waals surface area contributed by atoms with Crippen molar-refractivity contribution in [2.75, 3.05) is 13.1 Å². The Balaban J connectivity index is 1.80. The monoisotopic (exact) mass is 436 g/mol. The lowest BCUT2D eigenvalue weighted by Gasteiger charge is -2.33. The first-order valence-electron chi connectivity index (χ1n) is 9.62. The van der Waals surface area contributed by atoms with Gasteiger partial charge in [-0.15, -0.1) is 0 Å². The van der Waals surface area contributed by atoms with E-state index in [1.54, 1.807) is 22.7 Å². The third-order valence-corrected chi connectivity index (χ3v) is 5.39. The Labute approximate surface area is 176 Å². The molecule has 1 fully saturated rings. The van der Waals surface area contributed by atoms with E-state index in [9.17, 15) is 22.8 Å². The number of aliphatic imine (C=N–C) groups is 1. The lowest BCUT2D eigenvalue weighted by atomic mass is 9.85. The van der Waals surface area contributed by atoms with Crippen LogP contribution in [0.25, 0.3) is 0 Å². The van der Waals surface area contributed by atoms with Gasteiger partial charge in [0.25, 0.3) is 11.8 Å². The average Bonchev–Trinajstić information content (AvgIpc) is 3.04. The zero-order valence-corrected chi connectivity index (χ0v) is 17.1. The summed E-state index contributed by atoms with van der Waals surface area (Å²) in [6.07, 6.45) is -3.92. The Bertz CT molecular complexity index is 1010. The summed E-state index contributed by atoms with van der Waals surface area (Å²) in [5.74, 6) is -2.11. The van der Waals surface area contributed by atoms with Gasteiger partial charge in [0.2, 0.25) is 0 Å².